The van der Waals surface area contributed by atoms with E-state index in [4.69, 9.17) is 16.3 Å². The van der Waals surface area contributed by atoms with Gasteiger partial charge in [0.15, 0.2) is 5.60 Å². The van der Waals surface area contributed by atoms with E-state index in [9.17, 15) is 27.9 Å². The van der Waals surface area contributed by atoms with Crippen LogP contribution >= 0.6 is 11.6 Å². The summed E-state index contributed by atoms with van der Waals surface area (Å²) in [7, 11) is 1.32. The fourth-order valence-electron chi connectivity index (χ4n) is 5.57. The van der Waals surface area contributed by atoms with Crippen LogP contribution in [0.5, 0.6) is 5.88 Å². The van der Waals surface area contributed by atoms with Gasteiger partial charge >= 0.3 is 0 Å². The van der Waals surface area contributed by atoms with Crippen LogP contribution in [-0.2, 0) is 10.4 Å². The van der Waals surface area contributed by atoms with Gasteiger partial charge in [-0.2, -0.15) is 0 Å². The van der Waals surface area contributed by atoms with Crippen molar-refractivity contribution in [2.45, 2.75) is 36.3 Å². The van der Waals surface area contributed by atoms with Crippen molar-refractivity contribution in [3.8, 4) is 5.88 Å². The lowest BCUT2D eigenvalue weighted by molar-refractivity contribution is -0.132. The minimum atomic E-state index is -2.76. The number of anilines is 1. The lowest BCUT2D eigenvalue weighted by atomic mass is 9.77. The first kappa shape index (κ1) is 27.9. The minimum Gasteiger partial charge on any atom is -0.481 e. The van der Waals surface area contributed by atoms with Crippen LogP contribution < -0.4 is 15.0 Å². The number of para-hydroxylation sites is 1. The molecule has 0 saturated heterocycles. The topological polar surface area (TPSA) is 105 Å². The van der Waals surface area contributed by atoms with Gasteiger partial charge in [0.2, 0.25) is 12.3 Å². The second-order valence-electron chi connectivity index (χ2n) is 9.92. The van der Waals surface area contributed by atoms with E-state index in [0.717, 1.165) is 12.3 Å². The average molecular weight is 575 g/mol. The molecule has 1 aliphatic heterocycles. The van der Waals surface area contributed by atoms with Gasteiger partial charge in [-0.15, -0.1) is 11.6 Å². The van der Waals surface area contributed by atoms with Crippen molar-refractivity contribution in [1.29, 1.82) is 0 Å². The normalized spacial score (nSPS) is 26.1. The molecule has 0 radical (unpaired) electrons. The third-order valence-electron chi connectivity index (χ3n) is 7.63. The summed E-state index contributed by atoms with van der Waals surface area (Å²) < 4.78 is 48.5. The number of carbonyl (C=O) groups is 2. The molecule has 2 aliphatic rings. The standard InChI is InChI=1S/C28H26ClF3N4O4/c1-40-24-10-19(21(30)13-34-24)28(39)18-6-2-3-7-23(18)36(27(28)38)14-16-9-17(25(31)32)22(11-20(16)29)35-26(37)15-5-4-8-33-12-15/h2-8,10,12-13,16-17,20,22,25,39H,9,11,14H2,1H3,(H,35,37)/t16-,17-,20-,22-,28-/m1/s1. The molecule has 210 valence electrons. The maximum Gasteiger partial charge on any atom is 0.268 e. The van der Waals surface area contributed by atoms with Crippen molar-refractivity contribution in [3.05, 3.63) is 83.6 Å². The molecule has 5 rings (SSSR count). The number of ether oxygens (including phenoxy) is 1. The van der Waals surface area contributed by atoms with E-state index in [1.165, 1.54) is 36.5 Å². The zero-order chi connectivity index (χ0) is 28.6. The number of aromatic nitrogens is 2. The third kappa shape index (κ3) is 4.88. The van der Waals surface area contributed by atoms with Crippen LogP contribution in [0.4, 0.5) is 18.9 Å². The first-order valence-corrected chi connectivity index (χ1v) is 13.1. The molecule has 5 atom stereocenters. The smallest absolute Gasteiger partial charge is 0.268 e. The van der Waals surface area contributed by atoms with Crippen molar-refractivity contribution < 1.29 is 32.6 Å². The maximum atomic E-state index is 14.9. The molecule has 2 amide bonds. The molecule has 8 nitrogen and oxygen atoms in total. The summed E-state index contributed by atoms with van der Waals surface area (Å²) in [6.07, 6.45) is 0.881. The predicted molar refractivity (Wildman–Crippen MR) is 140 cm³/mol. The van der Waals surface area contributed by atoms with Gasteiger partial charge in [-0.3, -0.25) is 14.6 Å². The lowest BCUT2D eigenvalue weighted by Crippen LogP contribution is -2.52. The zero-order valence-electron chi connectivity index (χ0n) is 21.3. The second-order valence-corrected chi connectivity index (χ2v) is 10.5. The van der Waals surface area contributed by atoms with Gasteiger partial charge in [-0.05, 0) is 37.0 Å². The molecule has 3 aromatic rings. The number of aliphatic hydroxyl groups is 1. The zero-order valence-corrected chi connectivity index (χ0v) is 22.1. The SMILES string of the molecule is COc1cc([C@@]2(O)C(=O)N(C[C@H]3C[C@@H](C(F)F)[C@H](NC(=O)c4cccnc4)C[C@H]3Cl)c3ccccc32)c(F)cn1. The monoisotopic (exact) mass is 574 g/mol. The van der Waals surface area contributed by atoms with Crippen LogP contribution in [0.2, 0.25) is 0 Å². The Morgan fingerprint density at radius 2 is 2.00 bits per heavy atom. The molecule has 12 heteroatoms. The summed E-state index contributed by atoms with van der Waals surface area (Å²) in [6.45, 7) is -0.0946. The fourth-order valence-corrected chi connectivity index (χ4v) is 5.95. The molecule has 2 N–H and O–H groups in total. The molecule has 1 aliphatic carbocycles. The van der Waals surface area contributed by atoms with E-state index >= 15 is 0 Å². The quantitative estimate of drug-likeness (QED) is 0.415. The van der Waals surface area contributed by atoms with Gasteiger partial charge in [-0.25, -0.2) is 18.2 Å². The summed E-state index contributed by atoms with van der Waals surface area (Å²) >= 11 is 6.69. The number of nitrogens with one attached hydrogen (secondary N) is 1. The van der Waals surface area contributed by atoms with Crippen LogP contribution in [0.3, 0.4) is 0 Å². The molecule has 1 aromatic carbocycles. The van der Waals surface area contributed by atoms with Gasteiger partial charge in [0.1, 0.15) is 5.82 Å². The largest absolute Gasteiger partial charge is 0.481 e. The summed E-state index contributed by atoms with van der Waals surface area (Å²) in [5, 5.41) is 13.7. The number of carbonyl (C=O) groups excluding carboxylic acids is 2. The van der Waals surface area contributed by atoms with E-state index in [0.29, 0.717) is 5.69 Å². The van der Waals surface area contributed by atoms with Crippen molar-refractivity contribution in [2.24, 2.45) is 11.8 Å². The molecule has 0 spiro atoms. The van der Waals surface area contributed by atoms with Gasteiger partial charge < -0.3 is 20.1 Å². The van der Waals surface area contributed by atoms with E-state index in [-0.39, 0.29) is 42.0 Å². The highest BCUT2D eigenvalue weighted by atomic mass is 35.5. The van der Waals surface area contributed by atoms with E-state index in [1.807, 2.05) is 0 Å². The Balaban J connectivity index is 1.41. The molecule has 3 heterocycles. The van der Waals surface area contributed by atoms with Gasteiger partial charge in [-0.1, -0.05) is 18.2 Å². The van der Waals surface area contributed by atoms with Gasteiger partial charge in [0.25, 0.3) is 11.8 Å². The number of halogens is 4. The van der Waals surface area contributed by atoms with Crippen LogP contribution in [0.1, 0.15) is 34.3 Å². The molecule has 0 bridgehead atoms. The Hall–Kier alpha value is -3.70. The van der Waals surface area contributed by atoms with Crippen molar-refractivity contribution in [3.63, 3.8) is 0 Å². The number of hydrogen-bond acceptors (Lipinski definition) is 6. The number of hydrogen-bond donors (Lipinski definition) is 2. The number of pyridine rings is 2. The highest BCUT2D eigenvalue weighted by Gasteiger charge is 2.54. The molecule has 0 unspecified atom stereocenters. The Kier molecular flexibility index (Phi) is 7.70. The van der Waals surface area contributed by atoms with Gasteiger partial charge in [0.05, 0.1) is 24.6 Å². The number of amides is 2. The second kappa shape index (κ2) is 11.1. The van der Waals surface area contributed by atoms with Crippen molar-refractivity contribution in [2.75, 3.05) is 18.6 Å². The summed E-state index contributed by atoms with van der Waals surface area (Å²) in [4.78, 5) is 35.4. The van der Waals surface area contributed by atoms with Crippen LogP contribution in [0, 0.1) is 17.7 Å². The first-order chi connectivity index (χ1) is 19.1. The fraction of sp³-hybridized carbons (Fsp3) is 0.357. The lowest BCUT2D eigenvalue weighted by Gasteiger charge is -2.40. The number of methoxy groups -OCH3 is 1. The summed E-state index contributed by atoms with van der Waals surface area (Å²) in [5.41, 5.74) is -2.04. The Bertz CT molecular complexity index is 1420. The van der Waals surface area contributed by atoms with Crippen molar-refractivity contribution >= 4 is 29.1 Å². The molecular weight excluding hydrogens is 549 g/mol. The summed E-state index contributed by atoms with van der Waals surface area (Å²) in [6, 6.07) is 9.70. The van der Waals surface area contributed by atoms with Gasteiger partial charge in [0, 0.05) is 53.5 Å². The average Bonchev–Trinajstić information content (AvgIpc) is 3.17. The van der Waals surface area contributed by atoms with Crippen LogP contribution in [-0.4, -0.2) is 58.4 Å². The third-order valence-corrected chi connectivity index (χ3v) is 8.17. The number of fused-ring (bicyclic) bond motifs is 1. The summed E-state index contributed by atoms with van der Waals surface area (Å²) in [5.74, 6) is -4.12. The number of rotatable bonds is 7. The number of nitrogens with zero attached hydrogens (tertiary/aromatic N) is 3. The predicted octanol–water partition coefficient (Wildman–Crippen LogP) is 3.90. The highest BCUT2D eigenvalue weighted by molar-refractivity contribution is 6.21. The van der Waals surface area contributed by atoms with Crippen LogP contribution in [0.15, 0.2) is 61.1 Å². The number of benzene rings is 1. The molecule has 1 fully saturated rings. The molecular formula is C28H26ClF3N4O4. The minimum absolute atomic E-state index is 0.000747. The Morgan fingerprint density at radius 3 is 2.70 bits per heavy atom. The molecule has 2 aromatic heterocycles. The van der Waals surface area contributed by atoms with E-state index < -0.39 is 52.9 Å². The Labute approximate surface area is 233 Å². The number of alkyl halides is 3. The Morgan fingerprint density at radius 1 is 1.23 bits per heavy atom. The van der Waals surface area contributed by atoms with Crippen LogP contribution in [0.25, 0.3) is 0 Å². The highest BCUT2D eigenvalue weighted by Crippen LogP contribution is 2.47. The molecule has 1 saturated carbocycles. The maximum absolute atomic E-state index is 14.9. The van der Waals surface area contributed by atoms with Crippen molar-refractivity contribution in [1.82, 2.24) is 15.3 Å². The van der Waals surface area contributed by atoms with E-state index in [1.54, 1.807) is 24.3 Å². The molecule has 40 heavy (non-hydrogen) atoms. The first-order valence-electron chi connectivity index (χ1n) is 12.6. The van der Waals surface area contributed by atoms with E-state index in [2.05, 4.69) is 15.3 Å².